The molecule has 1 N–H and O–H groups in total. The van der Waals surface area contributed by atoms with Crippen molar-refractivity contribution in [2.75, 3.05) is 11.4 Å². The third-order valence-corrected chi connectivity index (χ3v) is 7.45. The van der Waals surface area contributed by atoms with E-state index in [2.05, 4.69) is 39.1 Å². The number of nitrogens with one attached hydrogen (secondary N) is 1. The quantitative estimate of drug-likeness (QED) is 0.795. The van der Waals surface area contributed by atoms with Crippen LogP contribution in [-0.2, 0) is 9.59 Å². The van der Waals surface area contributed by atoms with E-state index in [0.29, 0.717) is 18.4 Å². The first-order chi connectivity index (χ1) is 13.2. The van der Waals surface area contributed by atoms with E-state index < -0.39 is 0 Å². The summed E-state index contributed by atoms with van der Waals surface area (Å²) in [7, 11) is 0. The van der Waals surface area contributed by atoms with Crippen molar-refractivity contribution in [1.29, 1.82) is 0 Å². The lowest BCUT2D eigenvalue weighted by atomic mass is 9.69. The number of carbonyl (C=O) groups is 2. The predicted molar refractivity (Wildman–Crippen MR) is 114 cm³/mol. The molecule has 2 amide bonds. The molecule has 1 aliphatic heterocycles. The third-order valence-electron chi connectivity index (χ3n) is 7.45. The first kappa shape index (κ1) is 20.9. The largest absolute Gasteiger partial charge is 0.353 e. The smallest absolute Gasteiger partial charge is 0.227 e. The molecule has 0 spiro atoms. The summed E-state index contributed by atoms with van der Waals surface area (Å²) in [6.07, 6.45) is 6.00. The molecular formula is C24H36N2O2. The molecule has 1 atom stereocenters. The second-order valence-electron chi connectivity index (χ2n) is 9.52. The van der Waals surface area contributed by atoms with Gasteiger partial charge in [0, 0.05) is 24.7 Å². The van der Waals surface area contributed by atoms with Crippen LogP contribution in [0.5, 0.6) is 0 Å². The molecule has 1 aliphatic carbocycles. The van der Waals surface area contributed by atoms with Gasteiger partial charge in [0.15, 0.2) is 0 Å². The molecule has 1 aromatic carbocycles. The lowest BCUT2D eigenvalue weighted by molar-refractivity contribution is -0.127. The Labute approximate surface area is 170 Å². The number of benzene rings is 1. The van der Waals surface area contributed by atoms with Gasteiger partial charge in [-0.05, 0) is 68.1 Å². The van der Waals surface area contributed by atoms with Gasteiger partial charge in [-0.1, -0.05) is 39.3 Å². The van der Waals surface area contributed by atoms with Crippen molar-refractivity contribution >= 4 is 17.5 Å². The highest BCUT2D eigenvalue weighted by molar-refractivity contribution is 6.01. The van der Waals surface area contributed by atoms with Crippen LogP contribution in [0.25, 0.3) is 0 Å². The average molecular weight is 385 g/mol. The maximum Gasteiger partial charge on any atom is 0.227 e. The fourth-order valence-electron chi connectivity index (χ4n) is 4.77. The molecule has 28 heavy (non-hydrogen) atoms. The Kier molecular flexibility index (Phi) is 6.16. The standard InChI is InChI=1S/C24H36N2O2/c1-6-24(4,5)19-10-12-20(13-11-19)25-23(28)18-14-22(27)26(15-18)21-9-7-8-16(2)17(21)3/h7-9,18-20H,6,10-15H2,1-5H3,(H,25,28)/t18-,19?,20?/m0/s1. The van der Waals surface area contributed by atoms with Crippen molar-refractivity contribution in [2.45, 2.75) is 79.2 Å². The Morgan fingerprint density at radius 2 is 1.86 bits per heavy atom. The lowest BCUT2D eigenvalue weighted by Crippen LogP contribution is -2.43. The van der Waals surface area contributed by atoms with Crippen LogP contribution in [0.3, 0.4) is 0 Å². The molecule has 4 heteroatoms. The van der Waals surface area contributed by atoms with Gasteiger partial charge in [-0.15, -0.1) is 0 Å². The molecule has 0 unspecified atom stereocenters. The second-order valence-corrected chi connectivity index (χ2v) is 9.52. The highest BCUT2D eigenvalue weighted by Gasteiger charge is 2.37. The lowest BCUT2D eigenvalue weighted by Gasteiger charge is -2.39. The number of aryl methyl sites for hydroxylation is 1. The van der Waals surface area contributed by atoms with E-state index in [9.17, 15) is 9.59 Å². The molecule has 2 aliphatic rings. The molecule has 3 rings (SSSR count). The minimum atomic E-state index is -0.239. The molecule has 4 nitrogen and oxygen atoms in total. The van der Waals surface area contributed by atoms with Gasteiger partial charge in [-0.3, -0.25) is 9.59 Å². The highest BCUT2D eigenvalue weighted by Crippen LogP contribution is 2.40. The molecule has 0 bridgehead atoms. The minimum absolute atomic E-state index is 0.0550. The van der Waals surface area contributed by atoms with Gasteiger partial charge in [0.25, 0.3) is 0 Å². The Bertz CT molecular complexity index is 732. The van der Waals surface area contributed by atoms with E-state index in [-0.39, 0.29) is 23.8 Å². The first-order valence-electron chi connectivity index (χ1n) is 10.9. The normalized spacial score (nSPS) is 25.8. The van der Waals surface area contributed by atoms with E-state index in [0.717, 1.165) is 30.0 Å². The Hall–Kier alpha value is -1.84. The van der Waals surface area contributed by atoms with Crippen molar-refractivity contribution in [3.63, 3.8) is 0 Å². The summed E-state index contributed by atoms with van der Waals surface area (Å²) in [6, 6.07) is 6.28. The van der Waals surface area contributed by atoms with Gasteiger partial charge >= 0.3 is 0 Å². The summed E-state index contributed by atoms with van der Waals surface area (Å²) in [4.78, 5) is 27.2. The molecular weight excluding hydrogens is 348 g/mol. The van der Waals surface area contributed by atoms with E-state index in [1.54, 1.807) is 4.90 Å². The first-order valence-corrected chi connectivity index (χ1v) is 10.9. The molecule has 1 aromatic rings. The third kappa shape index (κ3) is 4.26. The summed E-state index contributed by atoms with van der Waals surface area (Å²) < 4.78 is 0. The van der Waals surface area contributed by atoms with Gasteiger partial charge in [0.2, 0.25) is 11.8 Å². The maximum absolute atomic E-state index is 12.8. The topological polar surface area (TPSA) is 49.4 Å². The number of anilines is 1. The van der Waals surface area contributed by atoms with Crippen LogP contribution in [0.4, 0.5) is 5.69 Å². The summed E-state index contributed by atoms with van der Waals surface area (Å²) in [5, 5.41) is 3.25. The van der Waals surface area contributed by atoms with Crippen molar-refractivity contribution in [1.82, 2.24) is 5.32 Å². The molecule has 1 heterocycles. The zero-order valence-electron chi connectivity index (χ0n) is 18.2. The van der Waals surface area contributed by atoms with Gasteiger partial charge in [0.05, 0.1) is 5.92 Å². The molecule has 0 aromatic heterocycles. The summed E-state index contributed by atoms with van der Waals surface area (Å²) in [5.74, 6) is 0.623. The molecule has 1 saturated heterocycles. The van der Waals surface area contributed by atoms with Crippen molar-refractivity contribution in [3.8, 4) is 0 Å². The Morgan fingerprint density at radius 3 is 2.50 bits per heavy atom. The van der Waals surface area contributed by atoms with E-state index >= 15 is 0 Å². The second kappa shape index (κ2) is 8.26. The van der Waals surface area contributed by atoms with Crippen molar-refractivity contribution < 1.29 is 9.59 Å². The van der Waals surface area contributed by atoms with Crippen LogP contribution in [0.1, 0.15) is 70.4 Å². The van der Waals surface area contributed by atoms with Gasteiger partial charge < -0.3 is 10.2 Å². The van der Waals surface area contributed by atoms with Crippen LogP contribution in [-0.4, -0.2) is 24.4 Å². The van der Waals surface area contributed by atoms with Gasteiger partial charge in [-0.25, -0.2) is 0 Å². The number of rotatable bonds is 5. The zero-order valence-corrected chi connectivity index (χ0v) is 18.2. The number of hydrogen-bond donors (Lipinski definition) is 1. The molecule has 2 fully saturated rings. The van der Waals surface area contributed by atoms with Crippen LogP contribution in [0.2, 0.25) is 0 Å². The van der Waals surface area contributed by atoms with E-state index in [1.165, 1.54) is 24.8 Å². The maximum atomic E-state index is 12.8. The number of carbonyl (C=O) groups excluding carboxylic acids is 2. The van der Waals surface area contributed by atoms with Crippen molar-refractivity contribution in [3.05, 3.63) is 29.3 Å². The predicted octanol–water partition coefficient (Wildman–Crippen LogP) is 4.77. The number of amides is 2. The van der Waals surface area contributed by atoms with Crippen LogP contribution < -0.4 is 10.2 Å². The zero-order chi connectivity index (χ0) is 20.5. The average Bonchev–Trinajstić information content (AvgIpc) is 3.06. The summed E-state index contributed by atoms with van der Waals surface area (Å²) in [6.45, 7) is 11.6. The summed E-state index contributed by atoms with van der Waals surface area (Å²) >= 11 is 0. The molecule has 1 saturated carbocycles. The van der Waals surface area contributed by atoms with E-state index in [4.69, 9.17) is 0 Å². The monoisotopic (exact) mass is 384 g/mol. The Balaban J connectivity index is 1.56. The fraction of sp³-hybridized carbons (Fsp3) is 0.667. The van der Waals surface area contributed by atoms with Crippen LogP contribution >= 0.6 is 0 Å². The van der Waals surface area contributed by atoms with Gasteiger partial charge in [0.1, 0.15) is 0 Å². The summed E-state index contributed by atoms with van der Waals surface area (Å²) in [5.41, 5.74) is 3.63. The van der Waals surface area contributed by atoms with Crippen LogP contribution in [0, 0.1) is 31.1 Å². The number of hydrogen-bond acceptors (Lipinski definition) is 2. The SMILES string of the molecule is CCC(C)(C)C1CCC(NC(=O)[C@H]2CC(=O)N(c3cccc(C)c3C)C2)CC1. The van der Waals surface area contributed by atoms with E-state index in [1.807, 2.05) is 19.1 Å². The molecule has 154 valence electrons. The molecule has 0 radical (unpaired) electrons. The fourth-order valence-corrected chi connectivity index (χ4v) is 4.77. The van der Waals surface area contributed by atoms with Crippen molar-refractivity contribution in [2.24, 2.45) is 17.3 Å². The number of nitrogens with zero attached hydrogens (tertiary/aromatic N) is 1. The minimum Gasteiger partial charge on any atom is -0.353 e. The van der Waals surface area contributed by atoms with Gasteiger partial charge in [-0.2, -0.15) is 0 Å². The van der Waals surface area contributed by atoms with Crippen LogP contribution in [0.15, 0.2) is 18.2 Å². The Morgan fingerprint density at radius 1 is 1.18 bits per heavy atom. The highest BCUT2D eigenvalue weighted by atomic mass is 16.2.